The third-order valence-electron chi connectivity index (χ3n) is 2.21. The summed E-state index contributed by atoms with van der Waals surface area (Å²) in [4.78, 5) is 0. The Bertz CT molecular complexity index is 301. The first kappa shape index (κ1) is 11.8. The highest BCUT2D eigenvalue weighted by Gasteiger charge is 1.96. The molecule has 2 nitrogen and oxygen atoms in total. The zero-order chi connectivity index (χ0) is 11.1. The molecule has 0 amide bonds. The third-order valence-corrected chi connectivity index (χ3v) is 2.21. The van der Waals surface area contributed by atoms with E-state index in [1.807, 2.05) is 36.4 Å². The summed E-state index contributed by atoms with van der Waals surface area (Å²) in [6.07, 6.45) is 5.23. The van der Waals surface area contributed by atoms with E-state index >= 15 is 0 Å². The van der Waals surface area contributed by atoms with Crippen molar-refractivity contribution in [3.63, 3.8) is 0 Å². The summed E-state index contributed by atoms with van der Waals surface area (Å²) in [5.74, 6) is 0.848. The summed E-state index contributed by atoms with van der Waals surface area (Å²) >= 11 is 0. The van der Waals surface area contributed by atoms with Crippen LogP contribution in [0.3, 0.4) is 0 Å². The molecule has 0 aliphatic heterocycles. The van der Waals surface area contributed by atoms with Crippen LogP contribution in [-0.4, -0.2) is 18.3 Å². The van der Waals surface area contributed by atoms with Gasteiger partial charge in [0.15, 0.2) is 0 Å². The second kappa shape index (κ2) is 6.25. The van der Waals surface area contributed by atoms with Gasteiger partial charge < -0.3 is 9.84 Å². The first-order valence-electron chi connectivity index (χ1n) is 5.26. The van der Waals surface area contributed by atoms with E-state index in [2.05, 4.69) is 6.92 Å². The van der Waals surface area contributed by atoms with Crippen LogP contribution >= 0.6 is 0 Å². The maximum absolute atomic E-state index is 9.50. The average Bonchev–Trinajstić information content (AvgIpc) is 2.27. The van der Waals surface area contributed by atoms with Crippen LogP contribution in [0.1, 0.15) is 25.3 Å². The molecule has 1 N–H and O–H groups in total. The van der Waals surface area contributed by atoms with E-state index in [9.17, 15) is 5.11 Å². The Kier molecular flexibility index (Phi) is 4.91. The highest BCUT2D eigenvalue weighted by molar-refractivity contribution is 5.50. The first-order chi connectivity index (χ1) is 7.26. The Morgan fingerprint density at radius 1 is 1.33 bits per heavy atom. The van der Waals surface area contributed by atoms with Gasteiger partial charge in [0.05, 0.1) is 13.2 Å². The molecule has 1 aromatic rings. The van der Waals surface area contributed by atoms with Gasteiger partial charge in [-0.05, 0) is 24.1 Å². The molecule has 2 heteroatoms. The molecule has 15 heavy (non-hydrogen) atoms. The summed E-state index contributed by atoms with van der Waals surface area (Å²) < 4.78 is 5.06. The van der Waals surface area contributed by atoms with Crippen LogP contribution < -0.4 is 4.74 Å². The highest BCUT2D eigenvalue weighted by Crippen LogP contribution is 2.12. The molecular formula is C13H18O2. The van der Waals surface area contributed by atoms with Gasteiger partial charge in [0.25, 0.3) is 0 Å². The van der Waals surface area contributed by atoms with Crippen LogP contribution in [0, 0.1) is 0 Å². The van der Waals surface area contributed by atoms with Gasteiger partial charge >= 0.3 is 0 Å². The molecule has 0 saturated heterocycles. The van der Waals surface area contributed by atoms with Gasteiger partial charge in [0.1, 0.15) is 5.75 Å². The molecule has 1 aromatic carbocycles. The summed E-state index contributed by atoms with van der Waals surface area (Å²) in [5, 5.41) is 9.50. The van der Waals surface area contributed by atoms with Crippen LogP contribution in [-0.2, 0) is 0 Å². The van der Waals surface area contributed by atoms with E-state index in [0.717, 1.165) is 24.2 Å². The van der Waals surface area contributed by atoms with Crippen LogP contribution in [0.2, 0.25) is 0 Å². The molecule has 1 unspecified atom stereocenters. The van der Waals surface area contributed by atoms with Crippen molar-refractivity contribution in [3.8, 4) is 5.75 Å². The topological polar surface area (TPSA) is 29.5 Å². The number of hydrogen-bond donors (Lipinski definition) is 1. The van der Waals surface area contributed by atoms with E-state index < -0.39 is 0 Å². The Morgan fingerprint density at radius 3 is 2.53 bits per heavy atom. The number of methoxy groups -OCH3 is 1. The van der Waals surface area contributed by atoms with Crippen LogP contribution in [0.25, 0.3) is 6.08 Å². The minimum absolute atomic E-state index is 0.336. The average molecular weight is 206 g/mol. The van der Waals surface area contributed by atoms with E-state index in [-0.39, 0.29) is 6.10 Å². The number of rotatable bonds is 5. The summed E-state index contributed by atoms with van der Waals surface area (Å²) in [5.41, 5.74) is 1.07. The number of aliphatic hydroxyl groups excluding tert-OH is 1. The van der Waals surface area contributed by atoms with Crippen molar-refractivity contribution < 1.29 is 9.84 Å². The Hall–Kier alpha value is -1.28. The van der Waals surface area contributed by atoms with E-state index in [1.54, 1.807) is 7.11 Å². The maximum Gasteiger partial charge on any atom is 0.118 e. The van der Waals surface area contributed by atoms with Crippen molar-refractivity contribution in [2.45, 2.75) is 25.9 Å². The fraction of sp³-hybridized carbons (Fsp3) is 0.385. The molecule has 0 aliphatic rings. The third kappa shape index (κ3) is 4.17. The monoisotopic (exact) mass is 206 g/mol. The molecule has 0 radical (unpaired) electrons. The number of ether oxygens (including phenoxy) is 1. The minimum Gasteiger partial charge on any atom is -0.497 e. The molecular weight excluding hydrogens is 188 g/mol. The van der Waals surface area contributed by atoms with Gasteiger partial charge in [-0.2, -0.15) is 0 Å². The normalized spacial score (nSPS) is 13.0. The lowest BCUT2D eigenvalue weighted by Crippen LogP contribution is -1.99. The molecule has 82 valence electrons. The fourth-order valence-corrected chi connectivity index (χ4v) is 1.33. The fourth-order valence-electron chi connectivity index (χ4n) is 1.33. The van der Waals surface area contributed by atoms with Gasteiger partial charge in [-0.25, -0.2) is 0 Å². The molecule has 0 aromatic heterocycles. The molecule has 0 fully saturated rings. The first-order valence-corrected chi connectivity index (χ1v) is 5.26. The summed E-state index contributed by atoms with van der Waals surface area (Å²) in [6.45, 7) is 2.06. The largest absolute Gasteiger partial charge is 0.497 e. The van der Waals surface area contributed by atoms with Crippen LogP contribution in [0.5, 0.6) is 5.75 Å². The second-order valence-corrected chi connectivity index (χ2v) is 3.49. The molecule has 1 rings (SSSR count). The zero-order valence-electron chi connectivity index (χ0n) is 9.31. The predicted molar refractivity (Wildman–Crippen MR) is 62.9 cm³/mol. The molecule has 1 atom stereocenters. The summed E-state index contributed by atoms with van der Waals surface area (Å²) in [6, 6.07) is 7.75. The zero-order valence-corrected chi connectivity index (χ0v) is 9.31. The molecule has 0 spiro atoms. The van der Waals surface area contributed by atoms with Crippen LogP contribution in [0.15, 0.2) is 30.3 Å². The molecule has 0 bridgehead atoms. The Morgan fingerprint density at radius 2 is 2.00 bits per heavy atom. The van der Waals surface area contributed by atoms with Crippen molar-refractivity contribution in [2.75, 3.05) is 7.11 Å². The van der Waals surface area contributed by atoms with Crippen molar-refractivity contribution in [1.29, 1.82) is 0 Å². The number of benzene rings is 1. The SMILES string of the molecule is CCCC(O)/C=C/c1ccc(OC)cc1. The quantitative estimate of drug-likeness (QED) is 0.802. The van der Waals surface area contributed by atoms with Crippen molar-refractivity contribution in [2.24, 2.45) is 0 Å². The van der Waals surface area contributed by atoms with Crippen molar-refractivity contribution in [3.05, 3.63) is 35.9 Å². The van der Waals surface area contributed by atoms with Gasteiger partial charge in [-0.15, -0.1) is 0 Å². The minimum atomic E-state index is -0.336. The lowest BCUT2D eigenvalue weighted by Gasteiger charge is -2.02. The predicted octanol–water partition coefficient (Wildman–Crippen LogP) is 2.87. The molecule has 0 aliphatic carbocycles. The number of hydrogen-bond acceptors (Lipinski definition) is 2. The van der Waals surface area contributed by atoms with E-state index in [1.165, 1.54) is 0 Å². The smallest absolute Gasteiger partial charge is 0.118 e. The molecule has 0 heterocycles. The van der Waals surface area contributed by atoms with Gasteiger partial charge in [-0.3, -0.25) is 0 Å². The molecule has 0 saturated carbocycles. The highest BCUT2D eigenvalue weighted by atomic mass is 16.5. The lowest BCUT2D eigenvalue weighted by molar-refractivity contribution is 0.212. The Labute approximate surface area is 91.2 Å². The van der Waals surface area contributed by atoms with E-state index in [0.29, 0.717) is 0 Å². The lowest BCUT2D eigenvalue weighted by atomic mass is 10.1. The van der Waals surface area contributed by atoms with E-state index in [4.69, 9.17) is 4.74 Å². The van der Waals surface area contributed by atoms with Crippen molar-refractivity contribution in [1.82, 2.24) is 0 Å². The van der Waals surface area contributed by atoms with Gasteiger partial charge in [0, 0.05) is 0 Å². The number of aliphatic hydroxyl groups is 1. The Balaban J connectivity index is 2.56. The maximum atomic E-state index is 9.50. The van der Waals surface area contributed by atoms with Gasteiger partial charge in [0.2, 0.25) is 0 Å². The van der Waals surface area contributed by atoms with Gasteiger partial charge in [-0.1, -0.05) is 37.6 Å². The van der Waals surface area contributed by atoms with Crippen molar-refractivity contribution >= 4 is 6.08 Å². The standard InChI is InChI=1S/C13H18O2/c1-3-4-12(14)8-5-11-6-9-13(15-2)10-7-11/h5-10,12,14H,3-4H2,1-2H3/b8-5+. The summed E-state index contributed by atoms with van der Waals surface area (Å²) in [7, 11) is 1.65. The second-order valence-electron chi connectivity index (χ2n) is 3.49. The van der Waals surface area contributed by atoms with Crippen LogP contribution in [0.4, 0.5) is 0 Å².